The first-order valence-corrected chi connectivity index (χ1v) is 15.3. The van der Waals surface area contributed by atoms with Gasteiger partial charge in [0.2, 0.25) is 11.8 Å². The fraction of sp³-hybridized carbons (Fsp3) is 0.500. The Kier molecular flexibility index (Phi) is 14.7. The van der Waals surface area contributed by atoms with E-state index in [2.05, 4.69) is 10.6 Å². The maximum atomic E-state index is 13.3. The van der Waals surface area contributed by atoms with Crippen LogP contribution in [0.2, 0.25) is 0 Å². The summed E-state index contributed by atoms with van der Waals surface area (Å²) < 4.78 is 5.76. The third kappa shape index (κ3) is 11.2. The Hall–Kier alpha value is -4.05. The largest absolute Gasteiger partial charge is 0.480 e. The summed E-state index contributed by atoms with van der Waals surface area (Å²) in [4.78, 5) is 63.5. The van der Waals surface area contributed by atoms with Crippen LogP contribution >= 0.6 is 0 Å². The zero-order chi connectivity index (χ0) is 32.8. The Morgan fingerprint density at radius 2 is 1.48 bits per heavy atom. The van der Waals surface area contributed by atoms with Gasteiger partial charge in [0.05, 0.1) is 6.42 Å². The van der Waals surface area contributed by atoms with Crippen LogP contribution in [0, 0.1) is 11.8 Å². The zero-order valence-electron chi connectivity index (χ0n) is 26.4. The van der Waals surface area contributed by atoms with Crippen molar-refractivity contribution in [2.45, 2.75) is 97.4 Å². The third-order valence-electron chi connectivity index (χ3n) is 7.90. The molecule has 0 aromatic heterocycles. The van der Waals surface area contributed by atoms with Gasteiger partial charge in [-0.3, -0.25) is 24.0 Å². The highest BCUT2D eigenvalue weighted by Gasteiger charge is 2.31. The highest BCUT2D eigenvalue weighted by molar-refractivity contribution is 6.09. The second-order valence-corrected chi connectivity index (χ2v) is 11.5. The van der Waals surface area contributed by atoms with Gasteiger partial charge in [-0.1, -0.05) is 102 Å². The molecule has 0 fully saturated rings. The van der Waals surface area contributed by atoms with Gasteiger partial charge in [-0.15, -0.1) is 0 Å². The first kappa shape index (κ1) is 36.1. The molecule has 0 aliphatic rings. The SMILES string of the molecule is CCCC[C@H](C)[C@H](CC(=O)N[C@@H](Cc1ccc(C(=O)c2ccccc2)cc1)C(=O)N[C@@H](C)C(=O)O)OC(=O)[C@H](N)[C@@H](C)CC. The van der Waals surface area contributed by atoms with E-state index in [0.29, 0.717) is 23.1 Å². The number of hydrogen-bond donors (Lipinski definition) is 4. The number of ether oxygens (including phenoxy) is 1. The lowest BCUT2D eigenvalue weighted by molar-refractivity contribution is -0.156. The number of amides is 2. The number of esters is 1. The van der Waals surface area contributed by atoms with Gasteiger partial charge in [-0.25, -0.2) is 0 Å². The standard InChI is InChI=1S/C34H47N3O7/c1-6-8-12-22(4)28(44-34(43)30(35)21(3)7-2)20-29(38)37-27(32(40)36-23(5)33(41)42)19-24-15-17-26(18-16-24)31(39)25-13-10-9-11-14-25/h9-11,13-18,21-23,27-28,30H,6-8,12,19-20,35H2,1-5H3,(H,36,40)(H,37,38)(H,41,42)/t21-,22-,23-,27-,28-,30+/m0/s1. The molecular formula is C34H47N3O7. The number of carbonyl (C=O) groups excluding carboxylic acids is 4. The van der Waals surface area contributed by atoms with E-state index in [4.69, 9.17) is 10.5 Å². The second-order valence-electron chi connectivity index (χ2n) is 11.5. The van der Waals surface area contributed by atoms with Crippen LogP contribution in [0.15, 0.2) is 54.6 Å². The van der Waals surface area contributed by atoms with E-state index in [1.54, 1.807) is 48.5 Å². The summed E-state index contributed by atoms with van der Waals surface area (Å²) in [5, 5.41) is 14.4. The molecule has 0 unspecified atom stereocenters. The fourth-order valence-electron chi connectivity index (χ4n) is 4.59. The highest BCUT2D eigenvalue weighted by Crippen LogP contribution is 2.21. The molecule has 0 heterocycles. The van der Waals surface area contributed by atoms with Crippen molar-refractivity contribution in [1.82, 2.24) is 10.6 Å². The van der Waals surface area contributed by atoms with Crippen molar-refractivity contribution in [2.24, 2.45) is 17.6 Å². The summed E-state index contributed by atoms with van der Waals surface area (Å²) >= 11 is 0. The molecule has 0 saturated heterocycles. The highest BCUT2D eigenvalue weighted by atomic mass is 16.5. The number of carboxylic acids is 1. The van der Waals surface area contributed by atoms with E-state index < -0.39 is 48.0 Å². The van der Waals surface area contributed by atoms with E-state index >= 15 is 0 Å². The molecular weight excluding hydrogens is 562 g/mol. The summed E-state index contributed by atoms with van der Waals surface area (Å²) in [5.41, 5.74) is 7.75. The molecule has 6 atom stereocenters. The van der Waals surface area contributed by atoms with E-state index in [1.165, 1.54) is 6.92 Å². The van der Waals surface area contributed by atoms with Crippen molar-refractivity contribution in [3.05, 3.63) is 71.3 Å². The Morgan fingerprint density at radius 3 is 2.05 bits per heavy atom. The number of benzene rings is 2. The lowest BCUT2D eigenvalue weighted by Crippen LogP contribution is -2.52. The normalized spacial score (nSPS) is 15.1. The first-order valence-electron chi connectivity index (χ1n) is 15.3. The van der Waals surface area contributed by atoms with Crippen molar-refractivity contribution in [3.63, 3.8) is 0 Å². The zero-order valence-corrected chi connectivity index (χ0v) is 26.4. The van der Waals surface area contributed by atoms with Crippen molar-refractivity contribution in [1.29, 1.82) is 0 Å². The number of aliphatic carboxylic acids is 1. The topological polar surface area (TPSA) is 165 Å². The van der Waals surface area contributed by atoms with Gasteiger partial charge >= 0.3 is 11.9 Å². The third-order valence-corrected chi connectivity index (χ3v) is 7.90. The smallest absolute Gasteiger partial charge is 0.325 e. The summed E-state index contributed by atoms with van der Waals surface area (Å²) in [7, 11) is 0. The van der Waals surface area contributed by atoms with Crippen LogP contribution in [0.3, 0.4) is 0 Å². The predicted octanol–water partition coefficient (Wildman–Crippen LogP) is 4.04. The van der Waals surface area contributed by atoms with Gasteiger partial charge in [-0.2, -0.15) is 0 Å². The first-order chi connectivity index (χ1) is 20.9. The van der Waals surface area contributed by atoms with Crippen molar-refractivity contribution >= 4 is 29.5 Å². The Morgan fingerprint density at radius 1 is 0.864 bits per heavy atom. The minimum atomic E-state index is -1.22. The van der Waals surface area contributed by atoms with Crippen molar-refractivity contribution in [3.8, 4) is 0 Å². The molecule has 0 radical (unpaired) electrons. The van der Waals surface area contributed by atoms with Crippen LogP contribution in [0.4, 0.5) is 0 Å². The molecule has 0 saturated carbocycles. The molecule has 2 rings (SSSR count). The summed E-state index contributed by atoms with van der Waals surface area (Å²) in [6, 6.07) is 12.4. The van der Waals surface area contributed by atoms with E-state index in [0.717, 1.165) is 19.3 Å². The van der Waals surface area contributed by atoms with Crippen LogP contribution in [0.5, 0.6) is 0 Å². The van der Waals surface area contributed by atoms with Crippen LogP contribution in [-0.4, -0.2) is 58.9 Å². The average molecular weight is 610 g/mol. The number of nitrogens with one attached hydrogen (secondary N) is 2. The molecule has 2 amide bonds. The molecule has 5 N–H and O–H groups in total. The van der Waals surface area contributed by atoms with Gasteiger partial charge in [0.1, 0.15) is 24.2 Å². The number of ketones is 1. The minimum absolute atomic E-state index is 0.0401. The van der Waals surface area contributed by atoms with Crippen LogP contribution in [0.25, 0.3) is 0 Å². The molecule has 0 aliphatic carbocycles. The van der Waals surface area contributed by atoms with Gasteiger partial charge in [-0.05, 0) is 30.7 Å². The van der Waals surface area contributed by atoms with E-state index in [-0.39, 0.29) is 30.5 Å². The maximum absolute atomic E-state index is 13.3. The number of carbonyl (C=O) groups is 5. The fourth-order valence-corrected chi connectivity index (χ4v) is 4.59. The lowest BCUT2D eigenvalue weighted by atomic mass is 9.94. The quantitative estimate of drug-likeness (QED) is 0.145. The van der Waals surface area contributed by atoms with Gasteiger partial charge in [0, 0.05) is 17.5 Å². The number of hydrogen-bond acceptors (Lipinski definition) is 7. The predicted molar refractivity (Wildman–Crippen MR) is 168 cm³/mol. The van der Waals surface area contributed by atoms with Crippen LogP contribution in [0.1, 0.15) is 88.2 Å². The summed E-state index contributed by atoms with van der Waals surface area (Å²) in [5.74, 6) is -3.38. The number of rotatable bonds is 18. The molecule has 0 spiro atoms. The van der Waals surface area contributed by atoms with Crippen LogP contribution in [-0.2, 0) is 30.3 Å². The van der Waals surface area contributed by atoms with Crippen molar-refractivity contribution in [2.75, 3.05) is 0 Å². The molecule has 10 nitrogen and oxygen atoms in total. The molecule has 44 heavy (non-hydrogen) atoms. The Bertz CT molecular complexity index is 1250. The minimum Gasteiger partial charge on any atom is -0.480 e. The Balaban J connectivity index is 2.23. The summed E-state index contributed by atoms with van der Waals surface area (Å²) in [6.45, 7) is 9.07. The van der Waals surface area contributed by atoms with Gasteiger partial charge < -0.3 is 26.2 Å². The van der Waals surface area contributed by atoms with Crippen molar-refractivity contribution < 1.29 is 33.8 Å². The maximum Gasteiger partial charge on any atom is 0.325 e. The number of carboxylic acid groups (broad SMARTS) is 1. The van der Waals surface area contributed by atoms with Crippen LogP contribution < -0.4 is 16.4 Å². The van der Waals surface area contributed by atoms with Gasteiger partial charge in [0.15, 0.2) is 5.78 Å². The summed E-state index contributed by atoms with van der Waals surface area (Å²) in [6.07, 6.45) is 2.34. The lowest BCUT2D eigenvalue weighted by Gasteiger charge is -2.27. The van der Waals surface area contributed by atoms with E-state index in [1.807, 2.05) is 33.8 Å². The van der Waals surface area contributed by atoms with E-state index in [9.17, 15) is 29.1 Å². The average Bonchev–Trinajstić information content (AvgIpc) is 3.02. The number of unbranched alkanes of at least 4 members (excludes halogenated alkanes) is 1. The molecule has 0 bridgehead atoms. The molecule has 240 valence electrons. The number of nitrogens with two attached hydrogens (primary N) is 1. The Labute approximate surface area is 260 Å². The molecule has 2 aromatic rings. The van der Waals surface area contributed by atoms with Gasteiger partial charge in [0.25, 0.3) is 0 Å². The molecule has 2 aromatic carbocycles. The molecule has 0 aliphatic heterocycles. The monoisotopic (exact) mass is 609 g/mol. The molecule has 10 heteroatoms. The second kappa shape index (κ2) is 17.9.